The maximum absolute atomic E-state index is 11.8. The van der Waals surface area contributed by atoms with Gasteiger partial charge in [0.1, 0.15) is 0 Å². The fourth-order valence-electron chi connectivity index (χ4n) is 1.69. The molecule has 0 fully saturated rings. The minimum Gasteiger partial charge on any atom is -0.463 e. The number of ether oxygens (including phenoxy) is 1. The van der Waals surface area contributed by atoms with Gasteiger partial charge >= 0.3 is 5.97 Å². The Balaban J connectivity index is 4.24. The molecule has 0 bridgehead atoms. The van der Waals surface area contributed by atoms with Gasteiger partial charge in [-0.1, -0.05) is 40.0 Å². The quantitative estimate of drug-likeness (QED) is 0.520. The van der Waals surface area contributed by atoms with Crippen molar-refractivity contribution in [2.45, 2.75) is 64.6 Å². The Hall–Kier alpha value is -0.0962. The predicted octanol–water partition coefficient (Wildman–Crippen LogP) is 2.92. The van der Waals surface area contributed by atoms with Gasteiger partial charge in [0.25, 0.3) is 0 Å². The Morgan fingerprint density at radius 3 is 1.88 bits per heavy atom. The first kappa shape index (κ1) is 15.9. The summed E-state index contributed by atoms with van der Waals surface area (Å²) in [6.45, 7) is 13.3. The second-order valence-corrected chi connectivity index (χ2v) is 12.1. The van der Waals surface area contributed by atoms with Gasteiger partial charge in [-0.15, -0.1) is 0 Å². The first-order valence-electron chi connectivity index (χ1n) is 6.57. The molecule has 0 spiro atoms. The zero-order chi connectivity index (χ0) is 12.7. The van der Waals surface area contributed by atoms with Gasteiger partial charge in [0.05, 0.1) is 12.0 Å². The zero-order valence-corrected chi connectivity index (χ0v) is 14.1. The smallest absolute Gasteiger partial charge is 0.308 e. The molecule has 0 rings (SSSR count). The molecule has 0 aliphatic heterocycles. The van der Waals surface area contributed by atoms with Gasteiger partial charge < -0.3 is 4.74 Å². The molecule has 0 aromatic heterocycles. The Bertz CT molecular complexity index is 195. The van der Waals surface area contributed by atoms with Crippen molar-refractivity contribution in [3.05, 3.63) is 0 Å². The van der Waals surface area contributed by atoms with Crippen LogP contribution in [-0.4, -0.2) is 29.7 Å². The van der Waals surface area contributed by atoms with Crippen LogP contribution in [0.15, 0.2) is 0 Å². The molecule has 0 aromatic rings. The Morgan fingerprint density at radius 1 is 1.12 bits per heavy atom. The SMILES string of the molecule is CCC(C)C(=O)OC(C[SiH](C)C)C[SiH](C)C. The Labute approximate surface area is 104 Å². The third kappa shape index (κ3) is 7.22. The van der Waals surface area contributed by atoms with E-state index in [1.54, 1.807) is 0 Å². The van der Waals surface area contributed by atoms with Crippen molar-refractivity contribution in [1.29, 1.82) is 0 Å². The normalized spacial score (nSPS) is 13.6. The fraction of sp³-hybridized carbons (Fsp3) is 0.917. The highest BCUT2D eigenvalue weighted by molar-refractivity contribution is 6.57. The van der Waals surface area contributed by atoms with Crippen molar-refractivity contribution in [2.24, 2.45) is 5.92 Å². The molecule has 1 unspecified atom stereocenters. The van der Waals surface area contributed by atoms with Crippen LogP contribution in [0.25, 0.3) is 0 Å². The van der Waals surface area contributed by atoms with E-state index in [1.807, 2.05) is 13.8 Å². The van der Waals surface area contributed by atoms with Gasteiger partial charge in [-0.05, 0) is 18.5 Å². The Morgan fingerprint density at radius 2 is 1.56 bits per heavy atom. The van der Waals surface area contributed by atoms with E-state index < -0.39 is 17.6 Å². The third-order valence-electron chi connectivity index (χ3n) is 2.77. The highest BCUT2D eigenvalue weighted by Gasteiger charge is 2.20. The van der Waals surface area contributed by atoms with E-state index >= 15 is 0 Å². The fourth-order valence-corrected chi connectivity index (χ4v) is 4.76. The lowest BCUT2D eigenvalue weighted by Gasteiger charge is -2.22. The highest BCUT2D eigenvalue weighted by Crippen LogP contribution is 2.15. The molecule has 0 N–H and O–H groups in total. The molecule has 0 amide bonds. The lowest BCUT2D eigenvalue weighted by atomic mass is 10.1. The van der Waals surface area contributed by atoms with E-state index in [0.717, 1.165) is 18.5 Å². The van der Waals surface area contributed by atoms with Crippen molar-refractivity contribution < 1.29 is 9.53 Å². The molecule has 0 saturated heterocycles. The van der Waals surface area contributed by atoms with Gasteiger partial charge in [-0.2, -0.15) is 0 Å². The predicted molar refractivity (Wildman–Crippen MR) is 76.7 cm³/mol. The van der Waals surface area contributed by atoms with Crippen LogP contribution in [0.5, 0.6) is 0 Å². The molecular weight excluding hydrogens is 232 g/mol. The number of carbonyl (C=O) groups excluding carboxylic acids is 1. The third-order valence-corrected chi connectivity index (χ3v) is 5.70. The van der Waals surface area contributed by atoms with Gasteiger partial charge in [0.15, 0.2) is 0 Å². The summed E-state index contributed by atoms with van der Waals surface area (Å²) in [5, 5.41) is 0. The van der Waals surface area contributed by atoms with Gasteiger partial charge in [-0.3, -0.25) is 4.79 Å². The van der Waals surface area contributed by atoms with E-state index in [2.05, 4.69) is 26.2 Å². The molecule has 96 valence electrons. The first-order chi connectivity index (χ1) is 7.36. The topological polar surface area (TPSA) is 26.3 Å². The molecule has 4 heteroatoms. The van der Waals surface area contributed by atoms with E-state index in [1.165, 1.54) is 0 Å². The molecule has 2 nitrogen and oxygen atoms in total. The summed E-state index contributed by atoms with van der Waals surface area (Å²) in [5.74, 6) is 0.0713. The summed E-state index contributed by atoms with van der Waals surface area (Å²) in [6, 6.07) is 2.29. The average molecular weight is 261 g/mol. The standard InChI is InChI=1S/C12H28O2Si2/c1-7-10(2)12(13)14-11(8-15(3)4)9-16(5)6/h10-11,15-16H,7-9H2,1-6H3. The highest BCUT2D eigenvalue weighted by atomic mass is 28.3. The molecule has 1 atom stereocenters. The maximum atomic E-state index is 11.8. The number of hydrogen-bond donors (Lipinski definition) is 0. The van der Waals surface area contributed by atoms with Crippen molar-refractivity contribution in [3.63, 3.8) is 0 Å². The minimum absolute atomic E-state index is 0.0109. The minimum atomic E-state index is -0.641. The van der Waals surface area contributed by atoms with E-state index in [4.69, 9.17) is 4.74 Å². The van der Waals surface area contributed by atoms with Crippen molar-refractivity contribution >= 4 is 23.6 Å². The van der Waals surface area contributed by atoms with Crippen molar-refractivity contribution in [3.8, 4) is 0 Å². The maximum Gasteiger partial charge on any atom is 0.308 e. The molecule has 0 radical (unpaired) electrons. The van der Waals surface area contributed by atoms with Crippen LogP contribution < -0.4 is 0 Å². The van der Waals surface area contributed by atoms with Crippen LogP contribution in [0.2, 0.25) is 38.3 Å². The van der Waals surface area contributed by atoms with E-state index in [9.17, 15) is 4.79 Å². The van der Waals surface area contributed by atoms with Gasteiger partial charge in [-0.25, -0.2) is 0 Å². The molecule has 0 saturated carbocycles. The lowest BCUT2D eigenvalue weighted by molar-refractivity contribution is -0.151. The van der Waals surface area contributed by atoms with Crippen molar-refractivity contribution in [1.82, 2.24) is 0 Å². The molecule has 16 heavy (non-hydrogen) atoms. The van der Waals surface area contributed by atoms with E-state index in [0.29, 0.717) is 0 Å². The summed E-state index contributed by atoms with van der Waals surface area (Å²) in [5.41, 5.74) is 0. The van der Waals surface area contributed by atoms with Gasteiger partial charge in [0.2, 0.25) is 0 Å². The second-order valence-electron chi connectivity index (χ2n) is 5.63. The largest absolute Gasteiger partial charge is 0.463 e. The summed E-state index contributed by atoms with van der Waals surface area (Å²) < 4.78 is 5.66. The number of hydrogen-bond acceptors (Lipinski definition) is 2. The first-order valence-corrected chi connectivity index (χ1v) is 12.8. The molecular formula is C12H28O2Si2. The number of esters is 1. The average Bonchev–Trinajstić information content (AvgIpc) is 2.14. The second kappa shape index (κ2) is 8.06. The summed E-state index contributed by atoms with van der Waals surface area (Å²) in [7, 11) is -1.28. The number of rotatable bonds is 7. The molecule has 0 aliphatic rings. The van der Waals surface area contributed by atoms with Gasteiger partial charge in [0, 0.05) is 17.6 Å². The van der Waals surface area contributed by atoms with Crippen molar-refractivity contribution in [2.75, 3.05) is 0 Å². The summed E-state index contributed by atoms with van der Waals surface area (Å²) in [4.78, 5) is 11.8. The molecule has 0 aromatic carbocycles. The van der Waals surface area contributed by atoms with Crippen LogP contribution in [-0.2, 0) is 9.53 Å². The van der Waals surface area contributed by atoms with Crippen LogP contribution in [0.4, 0.5) is 0 Å². The summed E-state index contributed by atoms with van der Waals surface area (Å²) in [6.07, 6.45) is 1.10. The summed E-state index contributed by atoms with van der Waals surface area (Å²) >= 11 is 0. The Kier molecular flexibility index (Phi) is 8.01. The van der Waals surface area contributed by atoms with Crippen LogP contribution in [0.3, 0.4) is 0 Å². The monoisotopic (exact) mass is 260 g/mol. The lowest BCUT2D eigenvalue weighted by Crippen LogP contribution is -2.28. The van der Waals surface area contributed by atoms with Crippen LogP contribution in [0.1, 0.15) is 20.3 Å². The molecule has 0 aliphatic carbocycles. The van der Waals surface area contributed by atoms with Crippen LogP contribution >= 0.6 is 0 Å². The van der Waals surface area contributed by atoms with E-state index in [-0.39, 0.29) is 18.0 Å². The number of carbonyl (C=O) groups is 1. The zero-order valence-electron chi connectivity index (χ0n) is 11.7. The van der Waals surface area contributed by atoms with Crippen LogP contribution in [0, 0.1) is 5.92 Å². The molecule has 0 heterocycles.